The predicted molar refractivity (Wildman–Crippen MR) is 68.3 cm³/mol. The van der Waals surface area contributed by atoms with Crippen molar-refractivity contribution < 1.29 is 13.9 Å². The molecule has 0 aliphatic heterocycles. The quantitative estimate of drug-likeness (QED) is 0.819. The molecule has 0 bridgehead atoms. The van der Waals surface area contributed by atoms with E-state index >= 15 is 0 Å². The molecule has 1 aliphatic carbocycles. The number of halogens is 2. The van der Waals surface area contributed by atoms with Gasteiger partial charge in [0, 0.05) is 5.56 Å². The van der Waals surface area contributed by atoms with Crippen LogP contribution in [-0.4, -0.2) is 5.11 Å². The zero-order valence-corrected chi connectivity index (χ0v) is 10.6. The third kappa shape index (κ3) is 2.40. The van der Waals surface area contributed by atoms with Crippen molar-refractivity contribution >= 4 is 5.57 Å². The highest BCUT2D eigenvalue weighted by Gasteiger charge is 2.20. The van der Waals surface area contributed by atoms with Gasteiger partial charge < -0.3 is 5.11 Å². The van der Waals surface area contributed by atoms with E-state index in [0.717, 1.165) is 44.1 Å². The molecule has 1 nitrogen and oxygen atoms in total. The Labute approximate surface area is 106 Å². The molecule has 0 unspecified atom stereocenters. The fourth-order valence-corrected chi connectivity index (χ4v) is 2.64. The van der Waals surface area contributed by atoms with Crippen LogP contribution in [0.2, 0.25) is 0 Å². The zero-order valence-electron chi connectivity index (χ0n) is 10.6. The van der Waals surface area contributed by atoms with Crippen LogP contribution in [0.5, 0.6) is 5.75 Å². The van der Waals surface area contributed by atoms with Crippen LogP contribution in [0.15, 0.2) is 17.7 Å². The van der Waals surface area contributed by atoms with E-state index in [2.05, 4.69) is 6.92 Å². The molecule has 0 spiro atoms. The second kappa shape index (κ2) is 5.51. The van der Waals surface area contributed by atoms with Crippen LogP contribution in [0.4, 0.5) is 8.78 Å². The summed E-state index contributed by atoms with van der Waals surface area (Å²) < 4.78 is 27.3. The number of phenolic OH excluding ortho intramolecular Hbond substituents is 1. The lowest BCUT2D eigenvalue weighted by Gasteiger charge is -2.21. The minimum absolute atomic E-state index is 0.327. The summed E-state index contributed by atoms with van der Waals surface area (Å²) in [5, 5.41) is 9.16. The van der Waals surface area contributed by atoms with Crippen molar-refractivity contribution in [2.24, 2.45) is 0 Å². The summed E-state index contributed by atoms with van der Waals surface area (Å²) in [5.41, 5.74) is 2.51. The molecule has 18 heavy (non-hydrogen) atoms. The van der Waals surface area contributed by atoms with Gasteiger partial charge in [0.1, 0.15) is 0 Å². The fourth-order valence-electron chi connectivity index (χ4n) is 2.64. The van der Waals surface area contributed by atoms with Gasteiger partial charge in [-0.25, -0.2) is 4.39 Å². The van der Waals surface area contributed by atoms with Gasteiger partial charge in [-0.05, 0) is 49.8 Å². The summed E-state index contributed by atoms with van der Waals surface area (Å²) in [6.07, 6.45) is 5.88. The minimum atomic E-state index is -1.14. The molecule has 0 amide bonds. The lowest BCUT2D eigenvalue weighted by atomic mass is 9.85. The van der Waals surface area contributed by atoms with E-state index in [1.54, 1.807) is 0 Å². The third-order valence-corrected chi connectivity index (χ3v) is 3.52. The fraction of sp³-hybridized carbons (Fsp3) is 0.467. The van der Waals surface area contributed by atoms with Crippen molar-refractivity contribution in [2.45, 2.75) is 45.4 Å². The molecule has 3 heteroatoms. The monoisotopic (exact) mass is 252 g/mol. The molecule has 0 fully saturated rings. The summed E-state index contributed by atoms with van der Waals surface area (Å²) in [5.74, 6) is -2.67. The molecule has 2 rings (SSSR count). The Kier molecular flexibility index (Phi) is 4.00. The number of phenols is 1. The highest BCUT2D eigenvalue weighted by molar-refractivity contribution is 5.70. The SMILES string of the molecule is CCCC1=C(c2ccc(O)c(F)c2F)CCCC1. The van der Waals surface area contributed by atoms with E-state index in [9.17, 15) is 8.78 Å². The van der Waals surface area contributed by atoms with Crippen LogP contribution < -0.4 is 0 Å². The van der Waals surface area contributed by atoms with Crippen LogP contribution in [0.3, 0.4) is 0 Å². The zero-order chi connectivity index (χ0) is 13.1. The first-order chi connectivity index (χ1) is 8.65. The summed E-state index contributed by atoms with van der Waals surface area (Å²) in [6, 6.07) is 2.73. The first-order valence-electron chi connectivity index (χ1n) is 6.53. The molecule has 0 saturated carbocycles. The van der Waals surface area contributed by atoms with E-state index in [0.29, 0.717) is 5.56 Å². The Balaban J connectivity index is 2.49. The van der Waals surface area contributed by atoms with Crippen molar-refractivity contribution in [3.8, 4) is 5.75 Å². The maximum atomic E-state index is 13.9. The van der Waals surface area contributed by atoms with Gasteiger partial charge in [0.05, 0.1) is 0 Å². The molecule has 1 N–H and O–H groups in total. The smallest absolute Gasteiger partial charge is 0.200 e. The van der Waals surface area contributed by atoms with Crippen LogP contribution in [0.25, 0.3) is 5.57 Å². The number of rotatable bonds is 3. The number of hydrogen-bond donors (Lipinski definition) is 1. The molecule has 1 aromatic carbocycles. The van der Waals surface area contributed by atoms with Gasteiger partial charge in [-0.1, -0.05) is 18.9 Å². The van der Waals surface area contributed by atoms with Gasteiger partial charge in [-0.15, -0.1) is 0 Å². The van der Waals surface area contributed by atoms with E-state index < -0.39 is 17.4 Å². The molecular weight excluding hydrogens is 234 g/mol. The van der Waals surface area contributed by atoms with Crippen molar-refractivity contribution in [1.29, 1.82) is 0 Å². The molecule has 1 aliphatic rings. The van der Waals surface area contributed by atoms with Crippen molar-refractivity contribution in [1.82, 2.24) is 0 Å². The summed E-state index contributed by atoms with van der Waals surface area (Å²) in [4.78, 5) is 0. The first-order valence-corrected chi connectivity index (χ1v) is 6.53. The van der Waals surface area contributed by atoms with Crippen LogP contribution in [0.1, 0.15) is 51.0 Å². The number of hydrogen-bond acceptors (Lipinski definition) is 1. The van der Waals surface area contributed by atoms with Crippen LogP contribution >= 0.6 is 0 Å². The Morgan fingerprint density at radius 2 is 1.83 bits per heavy atom. The van der Waals surface area contributed by atoms with Gasteiger partial charge in [0.15, 0.2) is 11.6 Å². The predicted octanol–water partition coefficient (Wildman–Crippen LogP) is 4.80. The second-order valence-electron chi connectivity index (χ2n) is 4.80. The Morgan fingerprint density at radius 1 is 1.11 bits per heavy atom. The van der Waals surface area contributed by atoms with Gasteiger partial charge in [-0.3, -0.25) is 0 Å². The highest BCUT2D eigenvalue weighted by Crippen LogP contribution is 2.37. The second-order valence-corrected chi connectivity index (χ2v) is 4.80. The van der Waals surface area contributed by atoms with Crippen molar-refractivity contribution in [3.63, 3.8) is 0 Å². The van der Waals surface area contributed by atoms with Crippen LogP contribution in [0, 0.1) is 11.6 Å². The average Bonchev–Trinajstić information content (AvgIpc) is 2.38. The largest absolute Gasteiger partial charge is 0.505 e. The van der Waals surface area contributed by atoms with E-state index in [1.807, 2.05) is 0 Å². The molecule has 0 radical (unpaired) electrons. The summed E-state index contributed by atoms with van der Waals surface area (Å²) >= 11 is 0. The van der Waals surface area contributed by atoms with Crippen LogP contribution in [-0.2, 0) is 0 Å². The Hall–Kier alpha value is -1.38. The molecule has 0 aromatic heterocycles. The molecule has 98 valence electrons. The van der Waals surface area contributed by atoms with Gasteiger partial charge >= 0.3 is 0 Å². The maximum absolute atomic E-state index is 13.9. The minimum Gasteiger partial charge on any atom is -0.505 e. The van der Waals surface area contributed by atoms with Crippen molar-refractivity contribution in [3.05, 3.63) is 34.9 Å². The molecule has 0 saturated heterocycles. The Bertz CT molecular complexity index is 478. The normalized spacial score (nSPS) is 16.2. The van der Waals surface area contributed by atoms with E-state index in [-0.39, 0.29) is 0 Å². The summed E-state index contributed by atoms with van der Waals surface area (Å²) in [6.45, 7) is 2.09. The molecular formula is C15H18F2O. The van der Waals surface area contributed by atoms with Gasteiger partial charge in [0.25, 0.3) is 0 Å². The highest BCUT2D eigenvalue weighted by atomic mass is 19.2. The molecule has 0 atom stereocenters. The average molecular weight is 252 g/mol. The van der Waals surface area contributed by atoms with E-state index in [1.165, 1.54) is 17.7 Å². The number of allylic oxidation sites excluding steroid dienone is 2. The molecule has 1 aromatic rings. The van der Waals surface area contributed by atoms with E-state index in [4.69, 9.17) is 5.11 Å². The van der Waals surface area contributed by atoms with Crippen molar-refractivity contribution in [2.75, 3.05) is 0 Å². The first kappa shape index (κ1) is 13.1. The summed E-state index contributed by atoms with van der Waals surface area (Å²) in [7, 11) is 0. The van der Waals surface area contributed by atoms with Gasteiger partial charge in [-0.2, -0.15) is 4.39 Å². The van der Waals surface area contributed by atoms with Gasteiger partial charge in [0.2, 0.25) is 5.82 Å². The topological polar surface area (TPSA) is 20.2 Å². The number of benzene rings is 1. The lowest BCUT2D eigenvalue weighted by Crippen LogP contribution is -2.03. The standard InChI is InChI=1S/C15H18F2O/c1-2-5-10-6-3-4-7-11(10)12-8-9-13(18)15(17)14(12)16/h8-9,18H,2-7H2,1H3. The third-order valence-electron chi connectivity index (χ3n) is 3.52. The molecule has 0 heterocycles. The Morgan fingerprint density at radius 3 is 2.56 bits per heavy atom. The maximum Gasteiger partial charge on any atom is 0.200 e. The number of aromatic hydroxyl groups is 1. The lowest BCUT2D eigenvalue weighted by molar-refractivity contribution is 0.406.